The summed E-state index contributed by atoms with van der Waals surface area (Å²) < 4.78 is 6.05. The van der Waals surface area contributed by atoms with Crippen molar-refractivity contribution in [3.63, 3.8) is 0 Å². The summed E-state index contributed by atoms with van der Waals surface area (Å²) in [6.45, 7) is 12.0. The van der Waals surface area contributed by atoms with E-state index in [1.54, 1.807) is 0 Å². The van der Waals surface area contributed by atoms with E-state index in [1.165, 1.54) is 5.56 Å². The lowest BCUT2D eigenvalue weighted by Crippen LogP contribution is -2.44. The third-order valence-electron chi connectivity index (χ3n) is 3.61. The number of hydrogen-bond donors (Lipinski definition) is 1. The largest absolute Gasteiger partial charge is 0.487 e. The fraction of sp³-hybridized carbons (Fsp3) is 0.588. The van der Waals surface area contributed by atoms with Crippen LogP contribution in [0.4, 0.5) is 0 Å². The summed E-state index contributed by atoms with van der Waals surface area (Å²) in [4.78, 5) is 12.3. The van der Waals surface area contributed by atoms with Crippen LogP contribution in [0.1, 0.15) is 58.2 Å². The maximum absolute atomic E-state index is 12.3. The van der Waals surface area contributed by atoms with Gasteiger partial charge >= 0.3 is 0 Å². The summed E-state index contributed by atoms with van der Waals surface area (Å²) in [6.07, 6.45) is 0.783. The van der Waals surface area contributed by atoms with Gasteiger partial charge in [0.1, 0.15) is 11.4 Å². The molecule has 0 bridgehead atoms. The maximum atomic E-state index is 12.3. The van der Waals surface area contributed by atoms with Crippen molar-refractivity contribution in [3.8, 4) is 5.75 Å². The number of amides is 1. The quantitative estimate of drug-likeness (QED) is 0.847. The van der Waals surface area contributed by atoms with Crippen LogP contribution in [0, 0.1) is 12.3 Å². The normalized spacial score (nSPS) is 20.8. The molecular weight excluding hydrogens is 250 g/mol. The molecule has 0 spiro atoms. The highest BCUT2D eigenvalue weighted by molar-refractivity contribution is 5.81. The highest BCUT2D eigenvalue weighted by Crippen LogP contribution is 2.40. The van der Waals surface area contributed by atoms with Crippen LogP contribution >= 0.6 is 0 Å². The summed E-state index contributed by atoms with van der Waals surface area (Å²) >= 11 is 0. The highest BCUT2D eigenvalue weighted by atomic mass is 16.5. The van der Waals surface area contributed by atoms with Gasteiger partial charge in [0.25, 0.3) is 0 Å². The van der Waals surface area contributed by atoms with Crippen LogP contribution in [0.2, 0.25) is 0 Å². The number of ether oxygens (including phenoxy) is 1. The van der Waals surface area contributed by atoms with E-state index in [-0.39, 0.29) is 23.0 Å². The number of rotatable bonds is 1. The molecule has 0 radical (unpaired) electrons. The monoisotopic (exact) mass is 275 g/mol. The van der Waals surface area contributed by atoms with Crippen LogP contribution in [-0.4, -0.2) is 11.5 Å². The number of fused-ring (bicyclic) bond motifs is 1. The van der Waals surface area contributed by atoms with Gasteiger partial charge in [-0.25, -0.2) is 0 Å². The fourth-order valence-corrected chi connectivity index (χ4v) is 2.46. The van der Waals surface area contributed by atoms with Gasteiger partial charge in [-0.15, -0.1) is 0 Å². The molecule has 2 rings (SSSR count). The van der Waals surface area contributed by atoms with Crippen molar-refractivity contribution in [1.82, 2.24) is 5.32 Å². The minimum atomic E-state index is -0.382. The van der Waals surface area contributed by atoms with Gasteiger partial charge in [0.2, 0.25) is 5.91 Å². The van der Waals surface area contributed by atoms with Crippen molar-refractivity contribution in [1.29, 1.82) is 0 Å². The smallest absolute Gasteiger partial charge is 0.225 e. The minimum absolute atomic E-state index is 0.0149. The predicted octanol–water partition coefficient (Wildman–Crippen LogP) is 3.76. The Morgan fingerprint density at radius 2 is 2.00 bits per heavy atom. The maximum Gasteiger partial charge on any atom is 0.225 e. The molecule has 0 unspecified atom stereocenters. The van der Waals surface area contributed by atoms with E-state index in [1.807, 2.05) is 33.8 Å². The van der Waals surface area contributed by atoms with E-state index >= 15 is 0 Å². The van der Waals surface area contributed by atoms with Gasteiger partial charge in [-0.1, -0.05) is 32.9 Å². The Labute approximate surface area is 121 Å². The average Bonchev–Trinajstić information content (AvgIpc) is 2.25. The molecule has 0 fully saturated rings. The third kappa shape index (κ3) is 3.14. The Morgan fingerprint density at radius 1 is 1.35 bits per heavy atom. The second-order valence-corrected chi connectivity index (χ2v) is 7.38. The van der Waals surface area contributed by atoms with Crippen LogP contribution in [0.3, 0.4) is 0 Å². The molecule has 0 aromatic heterocycles. The van der Waals surface area contributed by atoms with Gasteiger partial charge in [-0.2, -0.15) is 0 Å². The molecule has 1 heterocycles. The number of benzene rings is 1. The number of carbonyl (C=O) groups excluding carboxylic acids is 1. The summed E-state index contributed by atoms with van der Waals surface area (Å²) in [6, 6.07) is 6.19. The molecule has 3 nitrogen and oxygen atoms in total. The fourth-order valence-electron chi connectivity index (χ4n) is 2.46. The number of carbonyl (C=O) groups is 1. The van der Waals surface area contributed by atoms with Crippen molar-refractivity contribution < 1.29 is 9.53 Å². The molecule has 1 aromatic rings. The zero-order chi connectivity index (χ0) is 15.1. The van der Waals surface area contributed by atoms with Crippen LogP contribution in [0.25, 0.3) is 0 Å². The van der Waals surface area contributed by atoms with Gasteiger partial charge in [0, 0.05) is 17.4 Å². The first-order chi connectivity index (χ1) is 9.08. The van der Waals surface area contributed by atoms with Crippen LogP contribution in [0.5, 0.6) is 5.75 Å². The van der Waals surface area contributed by atoms with E-state index in [4.69, 9.17) is 4.74 Å². The van der Waals surface area contributed by atoms with Gasteiger partial charge in [0.05, 0.1) is 6.04 Å². The lowest BCUT2D eigenvalue weighted by atomic mass is 9.87. The predicted molar refractivity (Wildman–Crippen MR) is 80.8 cm³/mol. The molecule has 0 aliphatic carbocycles. The summed E-state index contributed by atoms with van der Waals surface area (Å²) in [5.41, 5.74) is 1.60. The number of hydrogen-bond acceptors (Lipinski definition) is 2. The van der Waals surface area contributed by atoms with Crippen molar-refractivity contribution >= 4 is 5.91 Å². The Hall–Kier alpha value is -1.51. The molecule has 0 saturated heterocycles. The zero-order valence-electron chi connectivity index (χ0n) is 13.3. The van der Waals surface area contributed by atoms with E-state index in [2.05, 4.69) is 31.3 Å². The van der Waals surface area contributed by atoms with E-state index in [0.717, 1.165) is 17.7 Å². The van der Waals surface area contributed by atoms with E-state index in [0.29, 0.717) is 0 Å². The van der Waals surface area contributed by atoms with Crippen molar-refractivity contribution in [3.05, 3.63) is 29.3 Å². The average molecular weight is 275 g/mol. The zero-order valence-corrected chi connectivity index (χ0v) is 13.3. The Morgan fingerprint density at radius 3 is 2.60 bits per heavy atom. The summed E-state index contributed by atoms with van der Waals surface area (Å²) in [7, 11) is 0. The molecule has 1 N–H and O–H groups in total. The molecule has 20 heavy (non-hydrogen) atoms. The van der Waals surface area contributed by atoms with Crippen molar-refractivity contribution in [2.24, 2.45) is 5.41 Å². The molecule has 1 aliphatic rings. The van der Waals surface area contributed by atoms with Crippen LogP contribution in [0.15, 0.2) is 18.2 Å². The molecule has 0 saturated carbocycles. The molecule has 1 aliphatic heterocycles. The highest BCUT2D eigenvalue weighted by Gasteiger charge is 2.36. The molecule has 1 aromatic carbocycles. The van der Waals surface area contributed by atoms with Gasteiger partial charge in [0.15, 0.2) is 0 Å². The lowest BCUT2D eigenvalue weighted by Gasteiger charge is -2.39. The van der Waals surface area contributed by atoms with Gasteiger partial charge in [-0.05, 0) is 32.4 Å². The van der Waals surface area contributed by atoms with Crippen molar-refractivity contribution in [2.45, 2.75) is 59.6 Å². The summed E-state index contributed by atoms with van der Waals surface area (Å²) in [5.74, 6) is 0.965. The first kappa shape index (κ1) is 14.9. The Kier molecular flexibility index (Phi) is 3.57. The standard InChI is InChI=1S/C17H25NO2/c1-11-7-8-12-13(18-15(19)16(2,3)4)10-17(5,6)20-14(12)9-11/h7-9,13H,10H2,1-6H3,(H,18,19)/t13-/m1/s1. The van der Waals surface area contributed by atoms with E-state index < -0.39 is 0 Å². The Bertz CT molecular complexity index is 526. The van der Waals surface area contributed by atoms with Gasteiger partial charge < -0.3 is 10.1 Å². The lowest BCUT2D eigenvalue weighted by molar-refractivity contribution is -0.129. The molecule has 1 amide bonds. The van der Waals surface area contributed by atoms with Gasteiger partial charge in [-0.3, -0.25) is 4.79 Å². The first-order valence-corrected chi connectivity index (χ1v) is 7.19. The van der Waals surface area contributed by atoms with E-state index in [9.17, 15) is 4.79 Å². The van der Waals surface area contributed by atoms with Crippen LogP contribution in [-0.2, 0) is 4.79 Å². The molecular formula is C17H25NO2. The second-order valence-electron chi connectivity index (χ2n) is 7.38. The summed E-state index contributed by atoms with van der Waals surface area (Å²) in [5, 5.41) is 3.17. The molecule has 1 atom stereocenters. The SMILES string of the molecule is Cc1ccc2c(c1)OC(C)(C)C[C@H]2NC(=O)C(C)(C)C. The topological polar surface area (TPSA) is 38.3 Å². The first-order valence-electron chi connectivity index (χ1n) is 7.19. The molecule has 110 valence electrons. The number of nitrogens with one attached hydrogen (secondary N) is 1. The molecule has 3 heteroatoms. The van der Waals surface area contributed by atoms with Crippen molar-refractivity contribution in [2.75, 3.05) is 0 Å². The third-order valence-corrected chi connectivity index (χ3v) is 3.61. The van der Waals surface area contributed by atoms with Crippen LogP contribution < -0.4 is 10.1 Å². The minimum Gasteiger partial charge on any atom is -0.487 e. The second kappa shape index (κ2) is 4.80. The Balaban J connectivity index is 2.33. The number of aryl methyl sites for hydroxylation is 1.